The number of carboxylic acid groups (broad SMARTS) is 1. The minimum absolute atomic E-state index is 0.00367. The Morgan fingerprint density at radius 2 is 1.60 bits per heavy atom. The van der Waals surface area contributed by atoms with Crippen LogP contribution in [-0.2, 0) is 32.0 Å². The van der Waals surface area contributed by atoms with E-state index in [-0.39, 0.29) is 18.6 Å². The number of hydrogen-bond donors (Lipinski definition) is 8. The van der Waals surface area contributed by atoms with Gasteiger partial charge in [-0.3, -0.25) is 14.4 Å². The number of nitrogens with two attached hydrogens (primary N) is 1. The number of benzene rings is 1. The second-order valence-corrected chi connectivity index (χ2v) is 8.11. The molecule has 3 amide bonds. The predicted molar refractivity (Wildman–Crippen MR) is 123 cm³/mol. The highest BCUT2D eigenvalue weighted by Crippen LogP contribution is 2.12. The summed E-state index contributed by atoms with van der Waals surface area (Å²) in [6.45, 7) is 2.69. The summed E-state index contributed by atoms with van der Waals surface area (Å²) in [5, 5.41) is 35.7. The molecule has 0 aliphatic heterocycles. The molecule has 1 aromatic carbocycles. The van der Waals surface area contributed by atoms with Gasteiger partial charge in [0, 0.05) is 24.7 Å². The molecule has 0 saturated heterocycles. The summed E-state index contributed by atoms with van der Waals surface area (Å²) in [7, 11) is 0. The highest BCUT2D eigenvalue weighted by molar-refractivity contribution is 5.94. The van der Waals surface area contributed by atoms with Gasteiger partial charge in [-0.15, -0.1) is 0 Å². The molecular weight excluding hydrogens is 460 g/mol. The van der Waals surface area contributed by atoms with E-state index in [2.05, 4.69) is 25.9 Å². The fraction of sp³-hybridized carbons (Fsp3) is 0.409. The number of aromatic amines is 1. The molecule has 0 saturated carbocycles. The van der Waals surface area contributed by atoms with Crippen LogP contribution in [-0.4, -0.2) is 79.2 Å². The van der Waals surface area contributed by atoms with Crippen LogP contribution in [0.1, 0.15) is 25.1 Å². The molecule has 190 valence electrons. The number of aliphatic carboxylic acids is 1. The predicted octanol–water partition coefficient (Wildman–Crippen LogP) is -1.83. The summed E-state index contributed by atoms with van der Waals surface area (Å²) < 4.78 is 0. The van der Waals surface area contributed by atoms with Crippen molar-refractivity contribution in [1.82, 2.24) is 25.9 Å². The Bertz CT molecular complexity index is 1010. The van der Waals surface area contributed by atoms with E-state index in [1.165, 1.54) is 38.5 Å². The van der Waals surface area contributed by atoms with Gasteiger partial charge in [0.25, 0.3) is 0 Å². The molecule has 0 radical (unpaired) electrons. The molecule has 0 spiro atoms. The Balaban J connectivity index is 2.09. The number of phenolic OH excluding ortho intramolecular Hbond substituents is 1. The third-order valence-electron chi connectivity index (χ3n) is 5.18. The molecular formula is C22H30N6O7. The number of H-pyrrole nitrogens is 1. The minimum Gasteiger partial charge on any atom is -0.508 e. The largest absolute Gasteiger partial charge is 0.508 e. The normalized spacial score (nSPS) is 15.2. The van der Waals surface area contributed by atoms with Gasteiger partial charge in [-0.1, -0.05) is 12.1 Å². The van der Waals surface area contributed by atoms with Crippen molar-refractivity contribution in [3.8, 4) is 5.75 Å². The lowest BCUT2D eigenvalue weighted by Crippen LogP contribution is -2.58. The van der Waals surface area contributed by atoms with Gasteiger partial charge in [-0.25, -0.2) is 9.78 Å². The number of aromatic nitrogens is 2. The van der Waals surface area contributed by atoms with Gasteiger partial charge in [0.1, 0.15) is 29.9 Å². The lowest BCUT2D eigenvalue weighted by Gasteiger charge is -2.24. The molecule has 2 aromatic rings. The van der Waals surface area contributed by atoms with Crippen LogP contribution in [0.25, 0.3) is 0 Å². The maximum atomic E-state index is 12.9. The molecule has 0 aliphatic carbocycles. The number of carbonyl (C=O) groups is 4. The first-order valence-corrected chi connectivity index (χ1v) is 10.8. The molecule has 35 heavy (non-hydrogen) atoms. The van der Waals surface area contributed by atoms with Gasteiger partial charge in [0.2, 0.25) is 17.7 Å². The van der Waals surface area contributed by atoms with Crippen LogP contribution in [0, 0.1) is 0 Å². The number of aliphatic hydroxyl groups is 1. The number of rotatable bonds is 12. The van der Waals surface area contributed by atoms with Crippen molar-refractivity contribution in [2.75, 3.05) is 0 Å². The molecule has 13 nitrogen and oxygen atoms in total. The van der Waals surface area contributed by atoms with Gasteiger partial charge < -0.3 is 42.0 Å². The first-order chi connectivity index (χ1) is 16.5. The molecule has 1 aromatic heterocycles. The molecule has 5 atom stereocenters. The lowest BCUT2D eigenvalue weighted by atomic mass is 10.0. The van der Waals surface area contributed by atoms with Crippen LogP contribution in [0.3, 0.4) is 0 Å². The zero-order valence-corrected chi connectivity index (χ0v) is 19.3. The number of hydrogen-bond acceptors (Lipinski definition) is 8. The smallest absolute Gasteiger partial charge is 0.326 e. The lowest BCUT2D eigenvalue weighted by molar-refractivity contribution is -0.142. The number of carbonyl (C=O) groups excluding carboxylic acids is 3. The van der Waals surface area contributed by atoms with Crippen molar-refractivity contribution in [3.63, 3.8) is 0 Å². The Morgan fingerprint density at radius 3 is 2.14 bits per heavy atom. The minimum atomic E-state index is -1.29. The number of phenols is 1. The summed E-state index contributed by atoms with van der Waals surface area (Å²) in [6.07, 6.45) is 1.60. The van der Waals surface area contributed by atoms with E-state index in [4.69, 9.17) is 5.73 Å². The molecule has 9 N–H and O–H groups in total. The Hall–Kier alpha value is -3.97. The maximum absolute atomic E-state index is 12.9. The van der Waals surface area contributed by atoms with E-state index in [0.29, 0.717) is 11.3 Å². The van der Waals surface area contributed by atoms with Crippen LogP contribution in [0.15, 0.2) is 36.8 Å². The summed E-state index contributed by atoms with van der Waals surface area (Å²) in [5.74, 6) is -3.51. The summed E-state index contributed by atoms with van der Waals surface area (Å²) >= 11 is 0. The number of aromatic hydroxyl groups is 1. The van der Waals surface area contributed by atoms with Crippen molar-refractivity contribution in [3.05, 3.63) is 48.0 Å². The van der Waals surface area contributed by atoms with Gasteiger partial charge in [-0.05, 0) is 31.5 Å². The number of carboxylic acids is 1. The third-order valence-corrected chi connectivity index (χ3v) is 5.18. The molecule has 0 fully saturated rings. The van der Waals surface area contributed by atoms with E-state index in [1.54, 1.807) is 12.1 Å². The Kier molecular flexibility index (Phi) is 9.73. The molecule has 13 heteroatoms. The average molecular weight is 491 g/mol. The fourth-order valence-electron chi connectivity index (χ4n) is 3.06. The second kappa shape index (κ2) is 12.5. The van der Waals surface area contributed by atoms with Crippen LogP contribution < -0.4 is 21.7 Å². The number of nitrogens with zero attached hydrogens (tertiary/aromatic N) is 1. The Morgan fingerprint density at radius 1 is 0.971 bits per heavy atom. The van der Waals surface area contributed by atoms with Crippen molar-refractivity contribution in [2.24, 2.45) is 5.73 Å². The van der Waals surface area contributed by atoms with E-state index >= 15 is 0 Å². The number of amides is 3. The number of nitrogens with one attached hydrogen (secondary N) is 4. The van der Waals surface area contributed by atoms with Crippen LogP contribution in [0.2, 0.25) is 0 Å². The highest BCUT2D eigenvalue weighted by Gasteiger charge is 2.29. The molecule has 5 unspecified atom stereocenters. The summed E-state index contributed by atoms with van der Waals surface area (Å²) in [5.41, 5.74) is 6.75. The topological polar surface area (TPSA) is 220 Å². The first-order valence-electron chi connectivity index (χ1n) is 10.8. The van der Waals surface area contributed by atoms with E-state index in [9.17, 15) is 34.5 Å². The molecule has 1 heterocycles. The van der Waals surface area contributed by atoms with Gasteiger partial charge >= 0.3 is 5.97 Å². The van der Waals surface area contributed by atoms with Crippen LogP contribution >= 0.6 is 0 Å². The average Bonchev–Trinajstić information content (AvgIpc) is 3.31. The van der Waals surface area contributed by atoms with Gasteiger partial charge in [-0.2, -0.15) is 0 Å². The summed E-state index contributed by atoms with van der Waals surface area (Å²) in [4.78, 5) is 56.0. The van der Waals surface area contributed by atoms with E-state index in [1.807, 2.05) is 0 Å². The van der Waals surface area contributed by atoms with Crippen molar-refractivity contribution >= 4 is 23.7 Å². The standard InChI is InChI=1S/C22H30N6O7/c1-11(19(31)28-17(22(34)35)8-14-9-24-10-25-14)26-20(32)16(27-21(33)18(23)12(2)29)7-13-3-5-15(30)6-4-13/h3-6,9-12,16-18,29-30H,7-8,23H2,1-2H3,(H,24,25)(H,26,32)(H,27,33)(H,28,31)(H,34,35). The van der Waals surface area contributed by atoms with Crippen molar-refractivity contribution in [2.45, 2.75) is 57.0 Å². The zero-order valence-electron chi connectivity index (χ0n) is 19.3. The number of aliphatic hydroxyl groups excluding tert-OH is 1. The third kappa shape index (κ3) is 8.39. The SMILES string of the molecule is CC(NC(=O)C(Cc1ccc(O)cc1)NC(=O)C(N)C(C)O)C(=O)NC(Cc1cnc[nH]1)C(=O)O. The maximum Gasteiger partial charge on any atom is 0.326 e. The van der Waals surface area contributed by atoms with E-state index in [0.717, 1.165) is 0 Å². The molecule has 0 bridgehead atoms. The van der Waals surface area contributed by atoms with Crippen LogP contribution in [0.4, 0.5) is 0 Å². The van der Waals surface area contributed by atoms with Crippen LogP contribution in [0.5, 0.6) is 5.75 Å². The Labute approximate surface area is 201 Å². The van der Waals surface area contributed by atoms with Gasteiger partial charge in [0.05, 0.1) is 12.4 Å². The monoisotopic (exact) mass is 490 g/mol. The molecule has 2 rings (SSSR count). The molecule has 0 aliphatic rings. The fourth-order valence-corrected chi connectivity index (χ4v) is 3.06. The van der Waals surface area contributed by atoms with Crippen molar-refractivity contribution in [1.29, 1.82) is 0 Å². The quantitative estimate of drug-likeness (QED) is 0.167. The van der Waals surface area contributed by atoms with E-state index < -0.39 is 54.0 Å². The first kappa shape index (κ1) is 27.3. The number of imidazole rings is 1. The van der Waals surface area contributed by atoms with Crippen molar-refractivity contribution < 1.29 is 34.5 Å². The van der Waals surface area contributed by atoms with Gasteiger partial charge in [0.15, 0.2) is 0 Å². The zero-order chi connectivity index (χ0) is 26.1. The summed E-state index contributed by atoms with van der Waals surface area (Å²) in [6, 6.07) is 1.07. The highest BCUT2D eigenvalue weighted by atomic mass is 16.4. The second-order valence-electron chi connectivity index (χ2n) is 8.11.